The van der Waals surface area contributed by atoms with Crippen LogP contribution in [0.2, 0.25) is 0 Å². The molecule has 9 rings (SSSR count). The maximum absolute atomic E-state index is 16.4. The fraction of sp³-hybridized carbons (Fsp3) is 0.413. The summed E-state index contributed by atoms with van der Waals surface area (Å²) in [5, 5.41) is 22.9. The summed E-state index contributed by atoms with van der Waals surface area (Å²) in [6.07, 6.45) is 7.95. The van der Waals surface area contributed by atoms with Crippen molar-refractivity contribution in [3.63, 3.8) is 0 Å². The topological polar surface area (TPSA) is 128 Å². The van der Waals surface area contributed by atoms with E-state index in [4.69, 9.17) is 13.2 Å². The highest BCUT2D eigenvalue weighted by atomic mass is 19.1. The van der Waals surface area contributed by atoms with E-state index in [1.807, 2.05) is 48.4 Å². The summed E-state index contributed by atoms with van der Waals surface area (Å²) in [6, 6.07) is 21.4. The number of hydrogen-bond donors (Lipinski definition) is 3. The molecule has 0 aliphatic carbocycles. The largest absolute Gasteiger partial charge is 0.507 e. The molecule has 6 heterocycles. The number of nitrogens with zero attached hydrogens (tertiary/aromatic N) is 7. The first kappa shape index (κ1) is 36.6. The molecule has 3 saturated heterocycles. The summed E-state index contributed by atoms with van der Waals surface area (Å²) < 4.78 is 41.3. The van der Waals surface area contributed by atoms with Crippen LogP contribution in [0.15, 0.2) is 85.2 Å². The van der Waals surface area contributed by atoms with Gasteiger partial charge in [0.2, 0.25) is 0 Å². The fourth-order valence-electron chi connectivity index (χ4n) is 9.30. The molecule has 3 aromatic carbocycles. The van der Waals surface area contributed by atoms with E-state index in [0.717, 1.165) is 64.9 Å². The molecule has 0 radical (unpaired) electrons. The first-order valence-corrected chi connectivity index (χ1v) is 20.7. The molecule has 0 saturated carbocycles. The number of ether oxygens (including phenoxy) is 1. The van der Waals surface area contributed by atoms with Crippen LogP contribution in [-0.4, -0.2) is 107 Å². The number of aromatic hydroxyl groups is 1. The van der Waals surface area contributed by atoms with Gasteiger partial charge < -0.3 is 39.7 Å². The maximum atomic E-state index is 16.4. The normalized spacial score (nSPS) is 23.4. The molecule has 4 aliphatic heterocycles. The van der Waals surface area contributed by atoms with E-state index in [0.29, 0.717) is 80.9 Å². The van der Waals surface area contributed by atoms with Crippen molar-refractivity contribution in [2.75, 3.05) is 81.1 Å². The lowest BCUT2D eigenvalue weighted by Gasteiger charge is -2.41. The number of hydrogen-bond acceptors (Lipinski definition) is 10. The molecular weight excluding hydrogens is 746 g/mol. The fourth-order valence-corrected chi connectivity index (χ4v) is 9.30. The number of amides is 1. The van der Waals surface area contributed by atoms with E-state index in [9.17, 15) is 9.90 Å². The van der Waals surface area contributed by atoms with Crippen molar-refractivity contribution < 1.29 is 21.8 Å². The Morgan fingerprint density at radius 3 is 2.59 bits per heavy atom. The SMILES string of the molecule is [2H]C1C=CN(c2cc3ccn(C4CCN(CC5(F)CCN(C(=O)c6ccc(C7CN(c8cc(-c9ccccc9O)nnc8N)CCO7)c(C)c6)CC5)CC4)c3cc2C)[C@@H]([2H])N1. The number of fused-ring (bicyclic) bond motifs is 1. The Morgan fingerprint density at radius 1 is 1.00 bits per heavy atom. The van der Waals surface area contributed by atoms with E-state index in [1.54, 1.807) is 29.2 Å². The zero-order valence-electron chi connectivity index (χ0n) is 35.7. The zero-order valence-corrected chi connectivity index (χ0v) is 33.7. The number of phenols is 1. The number of piperidine rings is 2. The van der Waals surface area contributed by atoms with Crippen molar-refractivity contribution in [2.45, 2.75) is 57.3 Å². The van der Waals surface area contributed by atoms with Crippen molar-refractivity contribution in [1.29, 1.82) is 0 Å². The number of carbonyl (C=O) groups is 1. The Kier molecular flexibility index (Phi) is 10.1. The van der Waals surface area contributed by atoms with Gasteiger partial charge in [0.15, 0.2) is 5.82 Å². The lowest BCUT2D eigenvalue weighted by atomic mass is 9.91. The van der Waals surface area contributed by atoms with Crippen LogP contribution in [0.5, 0.6) is 5.75 Å². The van der Waals surface area contributed by atoms with Gasteiger partial charge in [-0.1, -0.05) is 24.3 Å². The van der Waals surface area contributed by atoms with E-state index in [1.165, 1.54) is 0 Å². The average Bonchev–Trinajstić information content (AvgIpc) is 3.66. The highest BCUT2D eigenvalue weighted by Gasteiger charge is 2.39. The first-order valence-electron chi connectivity index (χ1n) is 21.9. The summed E-state index contributed by atoms with van der Waals surface area (Å²) in [6.45, 7) is 7.13. The number of morpholine rings is 1. The van der Waals surface area contributed by atoms with Crippen molar-refractivity contribution in [3.8, 4) is 17.0 Å². The van der Waals surface area contributed by atoms with Crippen LogP contribution in [0.1, 0.15) is 67.6 Å². The molecule has 1 amide bonds. The van der Waals surface area contributed by atoms with Gasteiger partial charge in [-0.05, 0) is 91.9 Å². The molecule has 3 atom stereocenters. The standard InChI is InChI=1S/C46H54FN9O3/c1-31-24-34(8-9-36(31)43-28-54(22-23-59-43)41-27-38(50-51-44(41)48)37-6-3-4-7-42(37)57)45(58)53-20-13-46(47,14-21-53)29-52-17-11-35(12-18-52)56-19-10-33-26-39(32(2)25-40(33)56)55-16-5-15-49-30-55/h3-10,16,19,24-27,35,43,49,57H,11-15,17-18,20-23,28-30H2,1-2H3,(H2,48,51)/i15D,30D/t15?,30-,43?/m0/s1. The number of alkyl halides is 1. The molecule has 13 heteroatoms. The summed E-state index contributed by atoms with van der Waals surface area (Å²) in [5.74, 6) is 0.334. The molecule has 2 aromatic heterocycles. The van der Waals surface area contributed by atoms with Gasteiger partial charge in [0, 0.05) is 113 Å². The van der Waals surface area contributed by atoms with Crippen LogP contribution in [0.3, 0.4) is 0 Å². The Balaban J connectivity index is 0.781. The highest BCUT2D eigenvalue weighted by Crippen LogP contribution is 2.37. The van der Waals surface area contributed by atoms with Crippen molar-refractivity contribution in [1.82, 2.24) is 29.9 Å². The van der Waals surface area contributed by atoms with Crippen molar-refractivity contribution in [3.05, 3.63) is 107 Å². The third-order valence-corrected chi connectivity index (χ3v) is 12.6. The minimum atomic E-state index is -1.34. The third kappa shape index (κ3) is 7.98. The van der Waals surface area contributed by atoms with Gasteiger partial charge >= 0.3 is 0 Å². The van der Waals surface area contributed by atoms with E-state index in [2.05, 4.69) is 61.2 Å². The number of likely N-dealkylation sites (tertiary alicyclic amines) is 2. The molecule has 4 aliphatic rings. The third-order valence-electron chi connectivity index (χ3n) is 12.6. The van der Waals surface area contributed by atoms with Gasteiger partial charge in [-0.15, -0.1) is 10.2 Å². The zero-order chi connectivity index (χ0) is 42.4. The number of nitrogens with two attached hydrogens (primary N) is 1. The summed E-state index contributed by atoms with van der Waals surface area (Å²) in [4.78, 5) is 21.8. The van der Waals surface area contributed by atoms with Gasteiger partial charge in [-0.25, -0.2) is 4.39 Å². The number of phenolic OH excluding ortho intramolecular Hbond substituents is 1. The minimum Gasteiger partial charge on any atom is -0.507 e. The van der Waals surface area contributed by atoms with Crippen LogP contribution in [0.4, 0.5) is 21.6 Å². The second kappa shape index (κ2) is 16.3. The molecule has 308 valence electrons. The number of carbonyl (C=O) groups excluding carboxylic acids is 1. The molecule has 5 aromatic rings. The number of rotatable bonds is 8. The Bertz CT molecular complexity index is 2450. The second-order valence-corrected chi connectivity index (χ2v) is 16.5. The second-order valence-electron chi connectivity index (χ2n) is 16.5. The number of aromatic nitrogens is 3. The summed E-state index contributed by atoms with van der Waals surface area (Å²) in [5.41, 5.74) is 12.5. The lowest BCUT2D eigenvalue weighted by molar-refractivity contribution is 0.0158. The quantitative estimate of drug-likeness (QED) is 0.155. The molecule has 2 unspecified atom stereocenters. The summed E-state index contributed by atoms with van der Waals surface area (Å²) in [7, 11) is 0. The van der Waals surface area contributed by atoms with Crippen molar-refractivity contribution in [2.24, 2.45) is 0 Å². The van der Waals surface area contributed by atoms with E-state index in [-0.39, 0.29) is 17.8 Å². The van der Waals surface area contributed by atoms with Crippen LogP contribution in [0.25, 0.3) is 22.2 Å². The van der Waals surface area contributed by atoms with Crippen LogP contribution in [-0.2, 0) is 4.74 Å². The molecular formula is C46H54FN9O3. The van der Waals surface area contributed by atoms with Crippen molar-refractivity contribution >= 4 is 34.0 Å². The number of anilines is 3. The number of para-hydroxylation sites is 1. The van der Waals surface area contributed by atoms with Gasteiger partial charge in [-0.3, -0.25) is 10.1 Å². The summed E-state index contributed by atoms with van der Waals surface area (Å²) >= 11 is 0. The maximum Gasteiger partial charge on any atom is 0.253 e. The monoisotopic (exact) mass is 801 g/mol. The van der Waals surface area contributed by atoms with Gasteiger partial charge in [0.25, 0.3) is 5.91 Å². The molecule has 12 nitrogen and oxygen atoms in total. The smallest absolute Gasteiger partial charge is 0.253 e. The molecule has 59 heavy (non-hydrogen) atoms. The van der Waals surface area contributed by atoms with Gasteiger partial charge in [-0.2, -0.15) is 0 Å². The molecule has 3 fully saturated rings. The number of nitrogens with one attached hydrogen (secondary N) is 1. The van der Waals surface area contributed by atoms with E-state index < -0.39 is 18.8 Å². The highest BCUT2D eigenvalue weighted by molar-refractivity contribution is 5.94. The number of aryl methyl sites for hydroxylation is 2. The van der Waals surface area contributed by atoms with Crippen LogP contribution in [0, 0.1) is 13.8 Å². The molecule has 0 spiro atoms. The van der Waals surface area contributed by atoms with Crippen LogP contribution < -0.4 is 20.9 Å². The van der Waals surface area contributed by atoms with Gasteiger partial charge in [0.05, 0.1) is 26.0 Å². The molecule has 0 bridgehead atoms. The predicted octanol–water partition coefficient (Wildman–Crippen LogP) is 6.74. The van der Waals surface area contributed by atoms with Crippen LogP contribution >= 0.6 is 0 Å². The average molecular weight is 802 g/mol. The minimum absolute atomic E-state index is 0.0811. The predicted molar refractivity (Wildman–Crippen MR) is 230 cm³/mol. The Labute approximate surface area is 347 Å². The molecule has 4 N–H and O–H groups in total. The van der Waals surface area contributed by atoms with E-state index >= 15 is 4.39 Å². The number of halogens is 1. The lowest BCUT2D eigenvalue weighted by Crippen LogP contribution is -2.51. The number of benzene rings is 3. The number of nitrogen functional groups attached to an aromatic ring is 1. The Morgan fingerprint density at radius 2 is 1.81 bits per heavy atom. The van der Waals surface area contributed by atoms with Gasteiger partial charge in [0.1, 0.15) is 17.5 Å². The first-order chi connectivity index (χ1) is 29.4. The Hall–Kier alpha value is -5.50.